The van der Waals surface area contributed by atoms with Crippen molar-refractivity contribution in [2.45, 2.75) is 179 Å². The first kappa shape index (κ1) is 2.83. The first-order valence-corrected chi connectivity index (χ1v) is 6.75. The van der Waals surface area contributed by atoms with Gasteiger partial charge in [0.2, 0.25) is 0 Å². The Morgan fingerprint density at radius 2 is 0.429 bits per heavy atom. The highest BCUT2D eigenvalue weighted by molar-refractivity contribution is 4.51. The summed E-state index contributed by atoms with van der Waals surface area (Å²) in [5, 5.41) is 0. The zero-order valence-electron chi connectivity index (χ0n) is 72.0. The second-order valence-corrected chi connectivity index (χ2v) is 3.25. The topological polar surface area (TPSA) is 0 Å². The van der Waals surface area contributed by atoms with Gasteiger partial charge in [-0.1, -0.05) is 179 Å². The van der Waals surface area contributed by atoms with Crippen molar-refractivity contribution in [3.8, 4) is 0 Å². The minimum Gasteiger partial charge on any atom is -0.0654 e. The molecule has 0 saturated heterocycles. The van der Waals surface area contributed by atoms with Crippen LogP contribution in [0.2, 0.25) is 0 Å². The van der Waals surface area contributed by atoms with E-state index >= 15 is 0 Å². The molecule has 0 aliphatic carbocycles. The van der Waals surface area contributed by atoms with E-state index in [-0.39, 0.29) is 0 Å². The molecule has 170 valence electrons. The normalized spacial score (nSPS) is 56.3. The van der Waals surface area contributed by atoms with Crippen molar-refractivity contribution in [3.63, 3.8) is 0 Å². The lowest BCUT2D eigenvalue weighted by molar-refractivity contribution is 0.516. The molecule has 0 saturated carbocycles. The van der Waals surface area contributed by atoms with Crippen LogP contribution in [-0.4, -0.2) is 0 Å². The van der Waals surface area contributed by atoms with E-state index in [2.05, 4.69) is 0 Å². The van der Waals surface area contributed by atoms with Crippen LogP contribution in [0.25, 0.3) is 0 Å². The van der Waals surface area contributed by atoms with Crippen molar-refractivity contribution in [1.82, 2.24) is 0 Å². The summed E-state index contributed by atoms with van der Waals surface area (Å²) < 4.78 is 473. The van der Waals surface area contributed by atoms with Crippen LogP contribution in [0.3, 0.4) is 0 Å². The van der Waals surface area contributed by atoms with E-state index in [1.807, 2.05) is 0 Å². The maximum Gasteiger partial charge on any atom is 0.0267 e. The third kappa shape index (κ3) is 26.0. The summed E-state index contributed by atoms with van der Waals surface area (Å²) in [7, 11) is 0. The van der Waals surface area contributed by atoms with E-state index in [4.69, 9.17) is 79.5 Å². The number of hydrogen-bond donors (Lipinski definition) is 0. The Balaban J connectivity index is 8.33. The third-order valence-corrected chi connectivity index (χ3v) is 1.56. The first-order chi connectivity index (χ1) is 35.8. The monoisotopic (exact) mass is 453 g/mol. The first-order valence-electron chi connectivity index (χ1n) is 35.8. The number of rotatable bonds is 25. The lowest BCUT2D eigenvalue weighted by atomic mass is 10.0. The summed E-state index contributed by atoms with van der Waals surface area (Å²) in [6.07, 6.45) is -139. The molecule has 0 heterocycles. The van der Waals surface area contributed by atoms with E-state index in [0.29, 0.717) is 0 Å². The Labute approximate surface area is 262 Å². The molecule has 0 nitrogen and oxygen atoms in total. The maximum atomic E-state index is 8.43. The van der Waals surface area contributed by atoms with Crippen molar-refractivity contribution in [2.75, 3.05) is 0 Å². The van der Waals surface area contributed by atoms with Crippen LogP contribution < -0.4 is 0 Å². The summed E-state index contributed by atoms with van der Waals surface area (Å²) in [5.41, 5.74) is 0. The minimum atomic E-state index is -5.64. The van der Waals surface area contributed by atoms with E-state index in [9.17, 15) is 0 Å². The molecule has 0 spiro atoms. The Hall–Kier alpha value is 0. The fourth-order valence-electron chi connectivity index (χ4n) is 0.750. The molecule has 0 bridgehead atoms. The Bertz CT molecular complexity index is 2270. The van der Waals surface area contributed by atoms with Gasteiger partial charge in [-0.3, -0.25) is 0 Å². The quantitative estimate of drug-likeness (QED) is 0.129. The van der Waals surface area contributed by atoms with Crippen LogP contribution in [0, 0.1) is 0 Å². The van der Waals surface area contributed by atoms with Crippen molar-refractivity contribution in [2.24, 2.45) is 0 Å². The average Bonchev–Trinajstić information content (AvgIpc) is 3.26. The molecule has 0 atom stereocenters. The molecule has 0 heteroatoms. The molecule has 0 aromatic heterocycles. The van der Waals surface area contributed by atoms with E-state index in [1.54, 1.807) is 0 Å². The Kier molecular flexibility index (Phi) is 2.72. The van der Waals surface area contributed by atoms with Crippen LogP contribution in [-0.2, 0) is 0 Å². The molecule has 0 aromatic carbocycles. The van der Waals surface area contributed by atoms with Crippen LogP contribution in [0.1, 0.15) is 259 Å². The van der Waals surface area contributed by atoms with Gasteiger partial charge in [-0.25, -0.2) is 0 Å². The van der Waals surface area contributed by atoms with Crippen molar-refractivity contribution in [3.05, 3.63) is 0 Å². The van der Waals surface area contributed by atoms with E-state index in [0.717, 1.165) is 0 Å². The summed E-state index contributed by atoms with van der Waals surface area (Å²) in [4.78, 5) is 0. The summed E-state index contributed by atoms with van der Waals surface area (Å²) >= 11 is 0. The fraction of sp³-hybridized carbons (Fsp3) is 1.00. The molecule has 0 aliphatic rings. The SMILES string of the molecule is [2H]C([2H])([2H])C([2H])([2H])C([2H])([2H])C([2H])([2H])C([2H])([2H])C([2H])([2H])C([2H])([2H])C([2H])([2H])C([2H])([2H])C([2H])([2H])C([2H])([2H])C([2H])([2H])C([2H])([2H])C([2H])([2H])C([2H])([2H])C([2H])([2H])C([2H])([2H])C([2H])([2H])C([2H])([2H])C([2H])([2H])C([2H])([2H])C([2H])([2H])C([2H])([2H])C([2H])([2H])C([2H])([2H])C([2H])([2H])C([2H])([2H])C([2H])([2H])[2H]. The van der Waals surface area contributed by atoms with Gasteiger partial charge >= 0.3 is 0 Å². The molecule has 0 rings (SSSR count). The zero-order valence-corrected chi connectivity index (χ0v) is 14.0. The van der Waals surface area contributed by atoms with Gasteiger partial charge in [0.05, 0.1) is 0 Å². The average molecular weight is 453 g/mol. The highest BCUT2D eigenvalue weighted by Crippen LogP contribution is 2.15. The highest BCUT2D eigenvalue weighted by atomic mass is 14.0. The van der Waals surface area contributed by atoms with Crippen molar-refractivity contribution in [1.29, 1.82) is 0 Å². The molecule has 0 radical (unpaired) electrons. The molecule has 0 fully saturated rings. The molecular weight excluding hydrogens is 336 g/mol. The van der Waals surface area contributed by atoms with Gasteiger partial charge in [-0.05, 0) is 0 Å². The van der Waals surface area contributed by atoms with Crippen LogP contribution in [0.5, 0.6) is 0 Å². The third-order valence-electron chi connectivity index (χ3n) is 1.56. The van der Waals surface area contributed by atoms with Crippen LogP contribution >= 0.6 is 0 Å². The smallest absolute Gasteiger partial charge is 0.0267 e. The minimum absolute atomic E-state index is 4.27. The Morgan fingerprint density at radius 3 is 0.571 bits per heavy atom. The lowest BCUT2D eigenvalue weighted by Crippen LogP contribution is -1.84. The van der Waals surface area contributed by atoms with Gasteiger partial charge in [0.1, 0.15) is 0 Å². The molecule has 0 unspecified atom stereocenters. The van der Waals surface area contributed by atoms with Gasteiger partial charge in [-0.2, -0.15) is 0 Å². The van der Waals surface area contributed by atoms with E-state index in [1.165, 1.54) is 0 Å². The maximum absolute atomic E-state index is 8.43. The van der Waals surface area contributed by atoms with Gasteiger partial charge in [0.15, 0.2) is 0 Å². The highest BCUT2D eigenvalue weighted by Gasteiger charge is 1.96. The van der Waals surface area contributed by atoms with Gasteiger partial charge in [-0.15, -0.1) is 0 Å². The van der Waals surface area contributed by atoms with Gasteiger partial charge in [0.25, 0.3) is 0 Å². The molecule has 28 heavy (non-hydrogen) atoms. The molecule has 0 aliphatic heterocycles. The summed E-state index contributed by atoms with van der Waals surface area (Å²) in [6.45, 7) is -8.55. The standard InChI is InChI=1S/C28H58/c1-3-5-7-9-11-13-15-17-19-21-23-25-27-28-26-24-22-20-18-16-14-12-10-8-6-4-2/h3-28H2,1-2H3/i1D3,2D3,3D2,4D2,5D2,6D2,7D2,8D2,9D2,10D2,11D2,12D2,13D2,14D2,15D2,16D2,17D2,18D2,19D2,20D2,21D2,22D2,23D2,24D2,25D2,26D2,27D2,28D2. The van der Waals surface area contributed by atoms with Crippen LogP contribution in [0.15, 0.2) is 0 Å². The Morgan fingerprint density at radius 1 is 0.286 bits per heavy atom. The molecule has 0 amide bonds. The van der Waals surface area contributed by atoms with Crippen LogP contribution in [0.4, 0.5) is 0 Å². The molecule has 0 aromatic rings. The van der Waals surface area contributed by atoms with Crippen molar-refractivity contribution < 1.29 is 79.5 Å². The summed E-state index contributed by atoms with van der Waals surface area (Å²) in [6, 6.07) is 0. The fourth-order valence-corrected chi connectivity index (χ4v) is 0.750. The predicted octanol–water partition coefficient (Wildman–Crippen LogP) is 11.2. The van der Waals surface area contributed by atoms with Gasteiger partial charge in [0, 0.05) is 79.5 Å². The second kappa shape index (κ2) is 27.0. The lowest BCUT2D eigenvalue weighted by Gasteiger charge is -2.04. The van der Waals surface area contributed by atoms with E-state index < -0.39 is 179 Å². The van der Waals surface area contributed by atoms with Crippen molar-refractivity contribution >= 4 is 0 Å². The molecular formula is C28H58. The zero-order chi connectivity index (χ0) is 72.0. The molecule has 0 N–H and O–H groups in total. The summed E-state index contributed by atoms with van der Waals surface area (Å²) in [5.74, 6) is 0. The largest absolute Gasteiger partial charge is 0.0654 e. The second-order valence-electron chi connectivity index (χ2n) is 3.25. The number of hydrogen-bond acceptors (Lipinski definition) is 0. The predicted molar refractivity (Wildman–Crippen MR) is 131 cm³/mol. The van der Waals surface area contributed by atoms with Gasteiger partial charge < -0.3 is 0 Å².